The van der Waals surface area contributed by atoms with E-state index in [1.807, 2.05) is 10.8 Å². The molecule has 2 aromatic rings. The number of halogens is 1. The van der Waals surface area contributed by atoms with Crippen LogP contribution in [0, 0.1) is 17.1 Å². The molecule has 1 heterocycles. The molecule has 0 spiro atoms. The average molecular weight is 401 g/mol. The van der Waals surface area contributed by atoms with Gasteiger partial charge in [0.2, 0.25) is 0 Å². The standard InChI is InChI=1S/C19H16FN3O4S/c1-19(9-10-23(19)17(24)14-3-2-4-15(20)11-14)18(25)22-28(26,27)16-7-5-13(12-21)6-8-16/h2-8,11H,9-10H2,1H3,(H,22,25). The van der Waals surface area contributed by atoms with Crippen molar-refractivity contribution in [1.82, 2.24) is 9.62 Å². The molecule has 1 aliphatic heterocycles. The fourth-order valence-electron chi connectivity index (χ4n) is 2.90. The second-order valence-corrected chi connectivity index (χ2v) is 8.24. The van der Waals surface area contributed by atoms with Gasteiger partial charge in [0, 0.05) is 12.1 Å². The Bertz CT molecular complexity index is 1090. The summed E-state index contributed by atoms with van der Waals surface area (Å²) < 4.78 is 40.3. The predicted octanol–water partition coefficient (Wildman–Crippen LogP) is 1.81. The number of hydrogen-bond acceptors (Lipinski definition) is 5. The van der Waals surface area contributed by atoms with Crippen LogP contribution in [0.15, 0.2) is 53.4 Å². The van der Waals surface area contributed by atoms with Crippen molar-refractivity contribution in [3.63, 3.8) is 0 Å². The van der Waals surface area contributed by atoms with Crippen molar-refractivity contribution in [2.45, 2.75) is 23.8 Å². The van der Waals surface area contributed by atoms with Crippen LogP contribution in [0.25, 0.3) is 0 Å². The molecule has 1 saturated heterocycles. The zero-order valence-corrected chi connectivity index (χ0v) is 15.7. The molecule has 1 aliphatic rings. The fraction of sp³-hybridized carbons (Fsp3) is 0.211. The lowest BCUT2D eigenvalue weighted by atomic mass is 9.85. The molecule has 1 fully saturated rings. The lowest BCUT2D eigenvalue weighted by Gasteiger charge is -2.48. The molecule has 3 rings (SSSR count). The Kier molecular flexibility index (Phi) is 4.91. The van der Waals surface area contributed by atoms with Crippen LogP contribution in [0.3, 0.4) is 0 Å². The molecule has 9 heteroatoms. The highest BCUT2D eigenvalue weighted by molar-refractivity contribution is 7.90. The smallest absolute Gasteiger partial charge is 0.264 e. The van der Waals surface area contributed by atoms with E-state index < -0.39 is 33.2 Å². The summed E-state index contributed by atoms with van der Waals surface area (Å²) in [5.41, 5.74) is -1.01. The van der Waals surface area contributed by atoms with Crippen LogP contribution in [0.4, 0.5) is 4.39 Å². The van der Waals surface area contributed by atoms with Gasteiger partial charge in [0.25, 0.3) is 21.8 Å². The summed E-state index contributed by atoms with van der Waals surface area (Å²) in [5, 5.41) is 8.79. The van der Waals surface area contributed by atoms with Crippen molar-refractivity contribution in [2.75, 3.05) is 6.54 Å². The number of nitrogens with one attached hydrogen (secondary N) is 1. The van der Waals surface area contributed by atoms with Crippen LogP contribution in [0.5, 0.6) is 0 Å². The molecule has 0 saturated carbocycles. The molecule has 0 radical (unpaired) electrons. The van der Waals surface area contributed by atoms with E-state index in [-0.39, 0.29) is 29.0 Å². The third-order valence-electron chi connectivity index (χ3n) is 4.74. The van der Waals surface area contributed by atoms with Crippen LogP contribution in [0.2, 0.25) is 0 Å². The van der Waals surface area contributed by atoms with Crippen molar-refractivity contribution in [3.8, 4) is 6.07 Å². The first-order valence-corrected chi connectivity index (χ1v) is 9.81. The number of carbonyl (C=O) groups is 2. The molecule has 0 aromatic heterocycles. The van der Waals surface area contributed by atoms with E-state index >= 15 is 0 Å². The van der Waals surface area contributed by atoms with Gasteiger partial charge in [-0.3, -0.25) is 9.59 Å². The topological polar surface area (TPSA) is 107 Å². The van der Waals surface area contributed by atoms with Crippen LogP contribution < -0.4 is 4.72 Å². The van der Waals surface area contributed by atoms with E-state index in [4.69, 9.17) is 5.26 Å². The first kappa shape index (κ1) is 19.5. The van der Waals surface area contributed by atoms with Crippen molar-refractivity contribution in [1.29, 1.82) is 5.26 Å². The molecular weight excluding hydrogens is 385 g/mol. The zero-order valence-electron chi connectivity index (χ0n) is 14.8. The molecule has 7 nitrogen and oxygen atoms in total. The Morgan fingerprint density at radius 3 is 2.43 bits per heavy atom. The third-order valence-corrected chi connectivity index (χ3v) is 6.09. The van der Waals surface area contributed by atoms with Gasteiger partial charge in [0.05, 0.1) is 16.5 Å². The number of likely N-dealkylation sites (tertiary alicyclic amines) is 1. The Morgan fingerprint density at radius 1 is 1.21 bits per heavy atom. The van der Waals surface area contributed by atoms with E-state index in [1.54, 1.807) is 0 Å². The minimum absolute atomic E-state index is 0.0775. The predicted molar refractivity (Wildman–Crippen MR) is 96.9 cm³/mol. The lowest BCUT2D eigenvalue weighted by molar-refractivity contribution is -0.135. The highest BCUT2D eigenvalue weighted by atomic mass is 32.2. The minimum Gasteiger partial charge on any atom is -0.324 e. The monoisotopic (exact) mass is 401 g/mol. The van der Waals surface area contributed by atoms with E-state index in [2.05, 4.69) is 0 Å². The second-order valence-electron chi connectivity index (χ2n) is 6.56. The summed E-state index contributed by atoms with van der Waals surface area (Å²) in [6.45, 7) is 1.70. The van der Waals surface area contributed by atoms with Gasteiger partial charge in [0.15, 0.2) is 0 Å². The summed E-state index contributed by atoms with van der Waals surface area (Å²) in [6, 6.07) is 12.0. The third kappa shape index (κ3) is 3.46. The fourth-order valence-corrected chi connectivity index (χ4v) is 3.97. The summed E-state index contributed by atoms with van der Waals surface area (Å²) in [6.07, 6.45) is 0.267. The zero-order chi connectivity index (χ0) is 20.5. The second kappa shape index (κ2) is 7.05. The minimum atomic E-state index is -4.17. The molecule has 0 bridgehead atoms. The maximum absolute atomic E-state index is 13.4. The van der Waals surface area contributed by atoms with Gasteiger partial charge in [-0.25, -0.2) is 17.5 Å². The number of hydrogen-bond donors (Lipinski definition) is 1. The highest BCUT2D eigenvalue weighted by Gasteiger charge is 2.50. The van der Waals surface area contributed by atoms with E-state index in [0.29, 0.717) is 0 Å². The Labute approximate surface area is 161 Å². The van der Waals surface area contributed by atoms with Crippen LogP contribution in [0.1, 0.15) is 29.3 Å². The summed E-state index contributed by atoms with van der Waals surface area (Å²) in [7, 11) is -4.17. The van der Waals surface area contributed by atoms with Crippen molar-refractivity contribution < 1.29 is 22.4 Å². The molecule has 1 unspecified atom stereocenters. The molecule has 1 N–H and O–H groups in total. The molecular formula is C19H16FN3O4S. The van der Waals surface area contributed by atoms with Crippen molar-refractivity contribution in [2.24, 2.45) is 0 Å². The maximum Gasteiger partial charge on any atom is 0.264 e. The Morgan fingerprint density at radius 2 is 1.89 bits per heavy atom. The Balaban J connectivity index is 1.79. The largest absolute Gasteiger partial charge is 0.324 e. The van der Waals surface area contributed by atoms with Crippen molar-refractivity contribution in [3.05, 3.63) is 65.5 Å². The van der Waals surface area contributed by atoms with E-state index in [1.165, 1.54) is 54.3 Å². The molecule has 1 atom stereocenters. The molecule has 2 aromatic carbocycles. The van der Waals surface area contributed by atoms with Gasteiger partial charge in [0.1, 0.15) is 11.4 Å². The number of rotatable bonds is 4. The number of carbonyl (C=O) groups excluding carboxylic acids is 2. The van der Waals surface area contributed by atoms with Gasteiger partial charge in [-0.05, 0) is 55.8 Å². The van der Waals surface area contributed by atoms with Gasteiger partial charge >= 0.3 is 0 Å². The first-order chi connectivity index (χ1) is 13.2. The molecule has 144 valence electrons. The number of sulfonamides is 1. The van der Waals surface area contributed by atoms with Crippen molar-refractivity contribution >= 4 is 21.8 Å². The number of amides is 2. The molecule has 2 amide bonds. The van der Waals surface area contributed by atoms with E-state index in [9.17, 15) is 22.4 Å². The highest BCUT2D eigenvalue weighted by Crippen LogP contribution is 2.32. The van der Waals surface area contributed by atoms with Crippen LogP contribution in [-0.4, -0.2) is 37.2 Å². The molecule has 0 aliphatic carbocycles. The van der Waals surface area contributed by atoms with Gasteiger partial charge < -0.3 is 4.90 Å². The summed E-state index contributed by atoms with van der Waals surface area (Å²) in [5.74, 6) is -1.99. The summed E-state index contributed by atoms with van der Waals surface area (Å²) in [4.78, 5) is 26.3. The average Bonchev–Trinajstić information content (AvgIpc) is 2.66. The van der Waals surface area contributed by atoms with Gasteiger partial charge in [-0.1, -0.05) is 6.07 Å². The number of nitriles is 1. The first-order valence-electron chi connectivity index (χ1n) is 8.32. The van der Waals surface area contributed by atoms with Gasteiger partial charge in [-0.2, -0.15) is 5.26 Å². The Hall–Kier alpha value is -3.25. The quantitative estimate of drug-likeness (QED) is 0.841. The van der Waals surface area contributed by atoms with Crippen LogP contribution in [-0.2, 0) is 14.8 Å². The molecule has 28 heavy (non-hydrogen) atoms. The van der Waals surface area contributed by atoms with Gasteiger partial charge in [-0.15, -0.1) is 0 Å². The SMILES string of the molecule is CC1(C(=O)NS(=O)(=O)c2ccc(C#N)cc2)CCN1C(=O)c1cccc(F)c1. The summed E-state index contributed by atoms with van der Waals surface area (Å²) >= 11 is 0. The normalized spacial score (nSPS) is 18.7. The van der Waals surface area contributed by atoms with Crippen LogP contribution >= 0.6 is 0 Å². The van der Waals surface area contributed by atoms with E-state index in [0.717, 1.165) is 6.07 Å². The number of benzene rings is 2. The maximum atomic E-state index is 13.4. The number of nitrogens with zero attached hydrogens (tertiary/aromatic N) is 2. The lowest BCUT2D eigenvalue weighted by Crippen LogP contribution is -2.67.